The van der Waals surface area contributed by atoms with Gasteiger partial charge in [0.2, 0.25) is 5.91 Å². The van der Waals surface area contributed by atoms with Gasteiger partial charge in [0.15, 0.2) is 9.84 Å². The summed E-state index contributed by atoms with van der Waals surface area (Å²) >= 11 is 0. The fraction of sp³-hybridized carbons (Fsp3) is 0.562. The molecule has 116 valence electrons. The molecule has 0 radical (unpaired) electrons. The molecule has 0 spiro atoms. The van der Waals surface area contributed by atoms with Gasteiger partial charge in [-0.1, -0.05) is 30.5 Å². The minimum Gasteiger partial charge on any atom is -0.343 e. The first-order valence-corrected chi connectivity index (χ1v) is 9.21. The zero-order valence-corrected chi connectivity index (χ0v) is 13.4. The maximum atomic E-state index is 12.2. The Kier molecular flexibility index (Phi) is 5.39. The van der Waals surface area contributed by atoms with Crippen molar-refractivity contribution in [2.24, 2.45) is 0 Å². The Morgan fingerprint density at radius 2 is 1.62 bits per heavy atom. The van der Waals surface area contributed by atoms with Crippen LogP contribution >= 0.6 is 0 Å². The van der Waals surface area contributed by atoms with Crippen LogP contribution in [0.1, 0.15) is 37.7 Å². The molecule has 1 fully saturated rings. The van der Waals surface area contributed by atoms with Crippen LogP contribution in [0.2, 0.25) is 0 Å². The minimum atomic E-state index is -3.37. The van der Waals surface area contributed by atoms with E-state index in [0.29, 0.717) is 4.90 Å². The average molecular weight is 309 g/mol. The van der Waals surface area contributed by atoms with Gasteiger partial charge in [0.05, 0.1) is 10.6 Å². The van der Waals surface area contributed by atoms with Gasteiger partial charge in [0, 0.05) is 19.5 Å². The summed E-state index contributed by atoms with van der Waals surface area (Å²) in [5.41, 5.74) is 1.02. The van der Waals surface area contributed by atoms with Crippen molar-refractivity contribution in [2.75, 3.05) is 18.8 Å². The van der Waals surface area contributed by atoms with E-state index >= 15 is 0 Å². The van der Waals surface area contributed by atoms with Gasteiger partial charge < -0.3 is 4.90 Å². The minimum absolute atomic E-state index is 0.0346. The fourth-order valence-electron chi connectivity index (χ4n) is 2.56. The molecule has 0 atom stereocenters. The normalized spacial score (nSPS) is 16.5. The molecule has 1 aromatic rings. The summed E-state index contributed by atoms with van der Waals surface area (Å²) in [6.07, 6.45) is 4.44. The Morgan fingerprint density at radius 1 is 1.05 bits per heavy atom. The molecule has 21 heavy (non-hydrogen) atoms. The monoisotopic (exact) mass is 309 g/mol. The van der Waals surface area contributed by atoms with Gasteiger partial charge in [-0.2, -0.15) is 0 Å². The molecule has 5 heteroatoms. The first-order valence-electron chi connectivity index (χ1n) is 7.56. The SMILES string of the molecule is Cc1ccc(S(=O)(=O)CCC(=O)N2CCCCCC2)cc1. The summed E-state index contributed by atoms with van der Waals surface area (Å²) in [4.78, 5) is 14.3. The van der Waals surface area contributed by atoms with Crippen LogP contribution in [0.3, 0.4) is 0 Å². The van der Waals surface area contributed by atoms with Crippen molar-refractivity contribution < 1.29 is 13.2 Å². The van der Waals surface area contributed by atoms with Crippen LogP contribution < -0.4 is 0 Å². The van der Waals surface area contributed by atoms with Crippen molar-refractivity contribution in [2.45, 2.75) is 43.9 Å². The zero-order chi connectivity index (χ0) is 15.3. The van der Waals surface area contributed by atoms with Gasteiger partial charge in [-0.3, -0.25) is 4.79 Å². The molecule has 0 N–H and O–H groups in total. The zero-order valence-electron chi connectivity index (χ0n) is 12.5. The largest absolute Gasteiger partial charge is 0.343 e. The van der Waals surface area contributed by atoms with E-state index in [-0.39, 0.29) is 18.1 Å². The van der Waals surface area contributed by atoms with E-state index in [0.717, 1.165) is 44.3 Å². The van der Waals surface area contributed by atoms with E-state index in [4.69, 9.17) is 0 Å². The Hall–Kier alpha value is -1.36. The molecule has 1 aliphatic heterocycles. The maximum Gasteiger partial charge on any atom is 0.223 e. The highest BCUT2D eigenvalue weighted by molar-refractivity contribution is 7.91. The topological polar surface area (TPSA) is 54.5 Å². The molecule has 1 saturated heterocycles. The van der Waals surface area contributed by atoms with Crippen molar-refractivity contribution in [3.63, 3.8) is 0 Å². The first-order chi connectivity index (χ1) is 9.99. The van der Waals surface area contributed by atoms with Crippen LogP contribution in [0.5, 0.6) is 0 Å². The molecule has 0 aliphatic carbocycles. The predicted molar refractivity (Wildman–Crippen MR) is 82.9 cm³/mol. The summed E-state index contributed by atoms with van der Waals surface area (Å²) in [5, 5.41) is 0. The lowest BCUT2D eigenvalue weighted by molar-refractivity contribution is -0.130. The molecule has 0 unspecified atom stereocenters. The van der Waals surface area contributed by atoms with Crippen LogP contribution in [-0.4, -0.2) is 38.1 Å². The maximum absolute atomic E-state index is 12.2. The number of likely N-dealkylation sites (tertiary alicyclic amines) is 1. The molecule has 0 aromatic heterocycles. The van der Waals surface area contributed by atoms with Crippen molar-refractivity contribution in [3.8, 4) is 0 Å². The Morgan fingerprint density at radius 3 is 2.19 bits per heavy atom. The molecular weight excluding hydrogens is 286 g/mol. The van der Waals surface area contributed by atoms with Gasteiger partial charge in [-0.05, 0) is 31.9 Å². The number of hydrogen-bond acceptors (Lipinski definition) is 3. The summed E-state index contributed by atoms with van der Waals surface area (Å²) in [7, 11) is -3.37. The lowest BCUT2D eigenvalue weighted by Gasteiger charge is -2.20. The van der Waals surface area contributed by atoms with E-state index < -0.39 is 9.84 Å². The number of sulfone groups is 1. The summed E-state index contributed by atoms with van der Waals surface area (Å²) in [6.45, 7) is 3.45. The third kappa shape index (κ3) is 4.56. The number of rotatable bonds is 4. The second kappa shape index (κ2) is 7.07. The van der Waals surface area contributed by atoms with E-state index in [1.54, 1.807) is 24.3 Å². The summed E-state index contributed by atoms with van der Waals surface area (Å²) in [6, 6.07) is 6.79. The van der Waals surface area contributed by atoms with Crippen molar-refractivity contribution in [3.05, 3.63) is 29.8 Å². The molecule has 2 rings (SSSR count). The second-order valence-electron chi connectivity index (χ2n) is 5.68. The van der Waals surface area contributed by atoms with Crippen molar-refractivity contribution in [1.82, 2.24) is 4.90 Å². The lowest BCUT2D eigenvalue weighted by Crippen LogP contribution is -2.33. The molecule has 0 bridgehead atoms. The predicted octanol–water partition coefficient (Wildman–Crippen LogP) is 2.56. The number of nitrogens with zero attached hydrogens (tertiary/aromatic N) is 1. The van der Waals surface area contributed by atoms with Crippen LogP contribution in [0, 0.1) is 6.92 Å². The van der Waals surface area contributed by atoms with Gasteiger partial charge in [0.25, 0.3) is 0 Å². The first kappa shape index (κ1) is 16.0. The molecule has 1 aromatic carbocycles. The Balaban J connectivity index is 1.94. The molecule has 0 saturated carbocycles. The van der Waals surface area contributed by atoms with Crippen molar-refractivity contribution >= 4 is 15.7 Å². The molecule has 1 heterocycles. The highest BCUT2D eigenvalue weighted by Crippen LogP contribution is 2.15. The highest BCUT2D eigenvalue weighted by atomic mass is 32.2. The molecule has 1 amide bonds. The Bertz CT molecular complexity index is 570. The van der Waals surface area contributed by atoms with Gasteiger partial charge in [-0.25, -0.2) is 8.42 Å². The number of carbonyl (C=O) groups is 1. The van der Waals surface area contributed by atoms with E-state index in [1.165, 1.54) is 0 Å². The van der Waals surface area contributed by atoms with Crippen LogP contribution in [0.25, 0.3) is 0 Å². The third-order valence-electron chi connectivity index (χ3n) is 3.92. The molecule has 1 aliphatic rings. The Labute approximate surface area is 127 Å². The third-order valence-corrected chi connectivity index (χ3v) is 5.66. The lowest BCUT2D eigenvalue weighted by atomic mass is 10.2. The fourth-order valence-corrected chi connectivity index (χ4v) is 3.79. The van der Waals surface area contributed by atoms with Crippen LogP contribution in [0.4, 0.5) is 0 Å². The van der Waals surface area contributed by atoms with Gasteiger partial charge in [-0.15, -0.1) is 0 Å². The van der Waals surface area contributed by atoms with Crippen LogP contribution in [-0.2, 0) is 14.6 Å². The van der Waals surface area contributed by atoms with Gasteiger partial charge in [0.1, 0.15) is 0 Å². The smallest absolute Gasteiger partial charge is 0.223 e. The van der Waals surface area contributed by atoms with E-state index in [1.807, 2.05) is 11.8 Å². The number of aryl methyl sites for hydroxylation is 1. The number of hydrogen-bond donors (Lipinski definition) is 0. The van der Waals surface area contributed by atoms with E-state index in [2.05, 4.69) is 0 Å². The molecule has 4 nitrogen and oxygen atoms in total. The standard InChI is InChI=1S/C16H23NO3S/c1-14-6-8-15(9-7-14)21(19,20)13-10-16(18)17-11-4-2-3-5-12-17/h6-9H,2-5,10-13H2,1H3. The van der Waals surface area contributed by atoms with Crippen molar-refractivity contribution in [1.29, 1.82) is 0 Å². The second-order valence-corrected chi connectivity index (χ2v) is 7.79. The average Bonchev–Trinajstić information content (AvgIpc) is 2.74. The van der Waals surface area contributed by atoms with Crippen LogP contribution in [0.15, 0.2) is 29.2 Å². The quantitative estimate of drug-likeness (QED) is 0.859. The van der Waals surface area contributed by atoms with Gasteiger partial charge >= 0.3 is 0 Å². The number of carbonyl (C=O) groups excluding carboxylic acids is 1. The highest BCUT2D eigenvalue weighted by Gasteiger charge is 2.20. The number of benzene rings is 1. The summed E-state index contributed by atoms with van der Waals surface area (Å²) in [5.74, 6) is -0.140. The number of amides is 1. The van der Waals surface area contributed by atoms with E-state index in [9.17, 15) is 13.2 Å². The summed E-state index contributed by atoms with van der Waals surface area (Å²) < 4.78 is 24.5. The molecular formula is C16H23NO3S.